The van der Waals surface area contributed by atoms with Gasteiger partial charge < -0.3 is 20.5 Å². The van der Waals surface area contributed by atoms with E-state index in [0.29, 0.717) is 12.8 Å². The zero-order valence-corrected chi connectivity index (χ0v) is 18.0. The number of benzene rings is 2. The van der Waals surface area contributed by atoms with Crippen LogP contribution in [-0.4, -0.2) is 42.3 Å². The summed E-state index contributed by atoms with van der Waals surface area (Å²) < 4.78 is 5.60. The molecule has 0 aliphatic heterocycles. The van der Waals surface area contributed by atoms with Crippen molar-refractivity contribution < 1.29 is 24.2 Å². The first-order valence-corrected chi connectivity index (χ1v) is 11.1. The maximum Gasteiger partial charge on any atom is 0.407 e. The molecular formula is C25H28N2O5. The highest BCUT2D eigenvalue weighted by Crippen LogP contribution is 2.44. The van der Waals surface area contributed by atoms with Crippen molar-refractivity contribution in [3.8, 4) is 11.1 Å². The van der Waals surface area contributed by atoms with Gasteiger partial charge in [-0.05, 0) is 35.1 Å². The molecule has 0 saturated heterocycles. The lowest BCUT2D eigenvalue weighted by atomic mass is 9.98. The number of carboxylic acid groups (broad SMARTS) is 1. The first kappa shape index (κ1) is 21.9. The van der Waals surface area contributed by atoms with Gasteiger partial charge in [-0.15, -0.1) is 0 Å². The number of ether oxygens (including phenoxy) is 1. The van der Waals surface area contributed by atoms with Gasteiger partial charge in [-0.25, -0.2) is 4.79 Å². The Kier molecular flexibility index (Phi) is 6.44. The Morgan fingerprint density at radius 1 is 1.03 bits per heavy atom. The fourth-order valence-corrected chi connectivity index (χ4v) is 4.71. The summed E-state index contributed by atoms with van der Waals surface area (Å²) in [6, 6.07) is 16.0. The molecule has 7 heteroatoms. The summed E-state index contributed by atoms with van der Waals surface area (Å²) in [5, 5.41) is 14.5. The highest BCUT2D eigenvalue weighted by molar-refractivity contribution is 5.82. The molecule has 2 amide bonds. The van der Waals surface area contributed by atoms with Gasteiger partial charge in [0.05, 0.1) is 11.8 Å². The van der Waals surface area contributed by atoms with E-state index in [0.717, 1.165) is 17.5 Å². The number of carbonyl (C=O) groups excluding carboxylic acids is 2. The summed E-state index contributed by atoms with van der Waals surface area (Å²) in [6.07, 6.45) is 1.63. The standard InChI is InChI=1S/C25H28N2O5/c1-15(24(29)30)13-26-23(28)20-11-6-12-22(20)27-25(31)32-14-21-18-9-4-2-7-16(18)17-8-3-5-10-19(17)21/h2-5,7-10,15,20-22H,6,11-14H2,1H3,(H,26,28)(H,27,31)(H,29,30)/t15?,20-,22+/m0/s1. The molecule has 2 aliphatic rings. The highest BCUT2D eigenvalue weighted by atomic mass is 16.5. The number of carboxylic acids is 1. The number of nitrogens with one attached hydrogen (secondary N) is 2. The SMILES string of the molecule is CC(CNC(=O)[C@H]1CCC[C@H]1NC(=O)OCC1c2ccccc2-c2ccccc21)C(=O)O. The van der Waals surface area contributed by atoms with Crippen LogP contribution in [0.2, 0.25) is 0 Å². The fourth-order valence-electron chi connectivity index (χ4n) is 4.71. The average Bonchev–Trinajstić information content (AvgIpc) is 3.38. The molecule has 1 unspecified atom stereocenters. The van der Waals surface area contributed by atoms with Crippen molar-refractivity contribution in [1.82, 2.24) is 10.6 Å². The summed E-state index contributed by atoms with van der Waals surface area (Å²) in [6.45, 7) is 1.84. The third-order valence-corrected chi connectivity index (χ3v) is 6.50. The predicted molar refractivity (Wildman–Crippen MR) is 119 cm³/mol. The number of amides is 2. The second-order valence-corrected chi connectivity index (χ2v) is 8.60. The minimum absolute atomic E-state index is 0.0201. The van der Waals surface area contributed by atoms with Crippen LogP contribution in [0, 0.1) is 11.8 Å². The van der Waals surface area contributed by atoms with E-state index in [1.807, 2.05) is 24.3 Å². The van der Waals surface area contributed by atoms with Crippen LogP contribution in [0.15, 0.2) is 48.5 Å². The molecule has 7 nitrogen and oxygen atoms in total. The van der Waals surface area contributed by atoms with Crippen molar-refractivity contribution >= 4 is 18.0 Å². The van der Waals surface area contributed by atoms with Gasteiger partial charge in [-0.1, -0.05) is 61.9 Å². The van der Waals surface area contributed by atoms with E-state index in [4.69, 9.17) is 9.84 Å². The lowest BCUT2D eigenvalue weighted by Crippen LogP contribution is -2.45. The first-order chi connectivity index (χ1) is 15.5. The Balaban J connectivity index is 1.34. The Morgan fingerprint density at radius 2 is 1.66 bits per heavy atom. The van der Waals surface area contributed by atoms with Gasteiger partial charge in [0, 0.05) is 18.5 Å². The van der Waals surface area contributed by atoms with E-state index in [1.54, 1.807) is 6.92 Å². The van der Waals surface area contributed by atoms with Crippen molar-refractivity contribution in [3.63, 3.8) is 0 Å². The van der Waals surface area contributed by atoms with Crippen LogP contribution in [-0.2, 0) is 14.3 Å². The van der Waals surface area contributed by atoms with E-state index in [-0.39, 0.29) is 36.9 Å². The second kappa shape index (κ2) is 9.42. The molecule has 2 aliphatic carbocycles. The molecule has 0 spiro atoms. The molecule has 1 saturated carbocycles. The highest BCUT2D eigenvalue weighted by Gasteiger charge is 2.35. The maximum absolute atomic E-state index is 12.6. The molecule has 32 heavy (non-hydrogen) atoms. The smallest absolute Gasteiger partial charge is 0.407 e. The Bertz CT molecular complexity index is 975. The van der Waals surface area contributed by atoms with Crippen LogP contribution in [0.4, 0.5) is 4.79 Å². The Labute approximate surface area is 187 Å². The van der Waals surface area contributed by atoms with Gasteiger partial charge in [0.1, 0.15) is 6.61 Å². The zero-order chi connectivity index (χ0) is 22.7. The number of hydrogen-bond acceptors (Lipinski definition) is 4. The number of aliphatic carboxylic acids is 1. The van der Waals surface area contributed by atoms with E-state index in [9.17, 15) is 14.4 Å². The van der Waals surface area contributed by atoms with Crippen molar-refractivity contribution in [2.45, 2.75) is 38.1 Å². The summed E-state index contributed by atoms with van der Waals surface area (Å²) in [4.78, 5) is 36.0. The van der Waals surface area contributed by atoms with Gasteiger partial charge in [-0.3, -0.25) is 9.59 Å². The summed E-state index contributed by atoms with van der Waals surface area (Å²) in [5.41, 5.74) is 4.62. The van der Waals surface area contributed by atoms with Crippen molar-refractivity contribution in [2.24, 2.45) is 11.8 Å². The zero-order valence-electron chi connectivity index (χ0n) is 18.0. The van der Waals surface area contributed by atoms with E-state index >= 15 is 0 Å². The van der Waals surface area contributed by atoms with Gasteiger partial charge in [0.2, 0.25) is 5.91 Å². The number of carbonyl (C=O) groups is 3. The van der Waals surface area contributed by atoms with E-state index in [1.165, 1.54) is 11.1 Å². The molecule has 3 atom stereocenters. The molecule has 2 aromatic carbocycles. The maximum atomic E-state index is 12.6. The molecule has 0 aromatic heterocycles. The largest absolute Gasteiger partial charge is 0.481 e. The van der Waals surface area contributed by atoms with Crippen LogP contribution in [0.25, 0.3) is 11.1 Å². The number of alkyl carbamates (subject to hydrolysis) is 1. The van der Waals surface area contributed by atoms with Crippen molar-refractivity contribution in [3.05, 3.63) is 59.7 Å². The minimum Gasteiger partial charge on any atom is -0.481 e. The topological polar surface area (TPSA) is 105 Å². The average molecular weight is 437 g/mol. The van der Waals surface area contributed by atoms with E-state index in [2.05, 4.69) is 34.9 Å². The molecule has 4 rings (SSSR count). The number of fused-ring (bicyclic) bond motifs is 3. The summed E-state index contributed by atoms with van der Waals surface area (Å²) >= 11 is 0. The van der Waals surface area contributed by atoms with Crippen LogP contribution in [0.3, 0.4) is 0 Å². The fraction of sp³-hybridized carbons (Fsp3) is 0.400. The monoisotopic (exact) mass is 436 g/mol. The van der Waals surface area contributed by atoms with Crippen molar-refractivity contribution in [2.75, 3.05) is 13.2 Å². The lowest BCUT2D eigenvalue weighted by molar-refractivity contribution is -0.141. The normalized spacial score (nSPS) is 20.2. The summed E-state index contributed by atoms with van der Waals surface area (Å²) in [7, 11) is 0. The molecule has 0 heterocycles. The van der Waals surface area contributed by atoms with Gasteiger partial charge in [-0.2, -0.15) is 0 Å². The lowest BCUT2D eigenvalue weighted by Gasteiger charge is -2.21. The Morgan fingerprint density at radius 3 is 2.28 bits per heavy atom. The molecular weight excluding hydrogens is 408 g/mol. The Hall–Kier alpha value is -3.35. The molecule has 0 bridgehead atoms. The minimum atomic E-state index is -0.954. The van der Waals surface area contributed by atoms with Gasteiger partial charge >= 0.3 is 12.1 Å². The second-order valence-electron chi connectivity index (χ2n) is 8.60. The van der Waals surface area contributed by atoms with Crippen LogP contribution < -0.4 is 10.6 Å². The first-order valence-electron chi connectivity index (χ1n) is 11.1. The number of rotatable bonds is 7. The molecule has 2 aromatic rings. The number of hydrogen-bond donors (Lipinski definition) is 3. The van der Waals surface area contributed by atoms with Crippen LogP contribution in [0.5, 0.6) is 0 Å². The molecule has 3 N–H and O–H groups in total. The van der Waals surface area contributed by atoms with E-state index < -0.39 is 18.0 Å². The van der Waals surface area contributed by atoms with Gasteiger partial charge in [0.15, 0.2) is 0 Å². The quantitative estimate of drug-likeness (QED) is 0.616. The molecule has 168 valence electrons. The van der Waals surface area contributed by atoms with Crippen LogP contribution >= 0.6 is 0 Å². The molecule has 0 radical (unpaired) electrons. The summed E-state index contributed by atoms with van der Waals surface area (Å²) in [5.74, 6) is -2.23. The third kappa shape index (κ3) is 4.47. The third-order valence-electron chi connectivity index (χ3n) is 6.50. The van der Waals surface area contributed by atoms with Crippen molar-refractivity contribution in [1.29, 1.82) is 0 Å². The predicted octanol–water partition coefficient (Wildman–Crippen LogP) is 3.53. The van der Waals surface area contributed by atoms with Crippen LogP contribution in [0.1, 0.15) is 43.2 Å². The molecule has 1 fully saturated rings. The van der Waals surface area contributed by atoms with Gasteiger partial charge in [0.25, 0.3) is 0 Å².